The van der Waals surface area contributed by atoms with E-state index in [0.717, 1.165) is 5.56 Å². The zero-order chi connectivity index (χ0) is 11.7. The summed E-state index contributed by atoms with van der Waals surface area (Å²) in [5, 5.41) is 0. The summed E-state index contributed by atoms with van der Waals surface area (Å²) in [6.07, 6.45) is 0. The number of hydrogen-bond acceptors (Lipinski definition) is 2. The molecule has 5 heteroatoms. The lowest BCUT2D eigenvalue weighted by atomic mass is 9.87. The monoisotopic (exact) mass is 229 g/mol. The van der Waals surface area contributed by atoms with Gasteiger partial charge in [0.25, 0.3) is 0 Å². The van der Waals surface area contributed by atoms with Crippen LogP contribution in [0.2, 0.25) is 0 Å². The third kappa shape index (κ3) is 3.89. The van der Waals surface area contributed by atoms with Crippen molar-refractivity contribution in [1.82, 2.24) is 0 Å². The van der Waals surface area contributed by atoms with Crippen LogP contribution in [0.1, 0.15) is 26.3 Å². The summed E-state index contributed by atoms with van der Waals surface area (Å²) in [6.45, 7) is 6.08. The summed E-state index contributed by atoms with van der Waals surface area (Å²) in [4.78, 5) is 0. The van der Waals surface area contributed by atoms with Gasteiger partial charge in [-0.05, 0) is 23.1 Å². The van der Waals surface area contributed by atoms with Crippen molar-refractivity contribution in [3.8, 4) is 0 Å². The van der Waals surface area contributed by atoms with Crippen LogP contribution in [-0.4, -0.2) is 13.0 Å². The van der Waals surface area contributed by atoms with Crippen LogP contribution in [0.15, 0.2) is 24.3 Å². The first-order chi connectivity index (χ1) is 6.68. The molecule has 1 rings (SSSR count). The van der Waals surface area contributed by atoms with Crippen molar-refractivity contribution >= 4 is 16.0 Å². The van der Waals surface area contributed by atoms with E-state index in [0.29, 0.717) is 5.69 Å². The van der Waals surface area contributed by atoms with Gasteiger partial charge in [-0.2, -0.15) is 8.42 Å². The van der Waals surface area contributed by atoms with Gasteiger partial charge < -0.3 is 0 Å². The van der Waals surface area contributed by atoms with Crippen LogP contribution in [0.4, 0.5) is 5.69 Å². The fourth-order valence-electron chi connectivity index (χ4n) is 1.20. The molecule has 0 fully saturated rings. The first-order valence-electron chi connectivity index (χ1n) is 4.54. The largest absolute Gasteiger partial charge is 0.357 e. The summed E-state index contributed by atoms with van der Waals surface area (Å²) in [5.41, 5.74) is 1.30. The average molecular weight is 229 g/mol. The standard InChI is InChI=1S/C10H15NO3S/c1-10(2,3)8-5-4-6-9(7-8)11-15(12,13)14/h4-7,11H,1-3H3,(H,12,13,14). The summed E-state index contributed by atoms with van der Waals surface area (Å²) >= 11 is 0. The molecule has 2 N–H and O–H groups in total. The van der Waals surface area contributed by atoms with Gasteiger partial charge in [-0.25, -0.2) is 0 Å². The van der Waals surface area contributed by atoms with E-state index in [4.69, 9.17) is 4.55 Å². The lowest BCUT2D eigenvalue weighted by Crippen LogP contribution is -2.14. The van der Waals surface area contributed by atoms with Crippen molar-refractivity contribution in [1.29, 1.82) is 0 Å². The first kappa shape index (κ1) is 12.0. The van der Waals surface area contributed by atoms with Crippen LogP contribution in [0.3, 0.4) is 0 Å². The first-order valence-corrected chi connectivity index (χ1v) is 5.98. The summed E-state index contributed by atoms with van der Waals surface area (Å²) in [5.74, 6) is 0. The predicted molar refractivity (Wildman–Crippen MR) is 60.3 cm³/mol. The molecule has 0 aliphatic heterocycles. The molecule has 1 aromatic carbocycles. The number of anilines is 1. The van der Waals surface area contributed by atoms with E-state index in [1.807, 2.05) is 31.6 Å². The molecule has 0 aliphatic rings. The molecule has 0 amide bonds. The molecular formula is C10H15NO3S. The molecule has 0 aromatic heterocycles. The van der Waals surface area contributed by atoms with Crippen molar-refractivity contribution in [2.45, 2.75) is 26.2 Å². The summed E-state index contributed by atoms with van der Waals surface area (Å²) in [7, 11) is -4.19. The van der Waals surface area contributed by atoms with Gasteiger partial charge >= 0.3 is 10.3 Å². The Labute approximate surface area is 90.2 Å². The molecule has 0 heterocycles. The van der Waals surface area contributed by atoms with E-state index < -0.39 is 10.3 Å². The molecule has 0 saturated carbocycles. The van der Waals surface area contributed by atoms with Gasteiger partial charge in [0.1, 0.15) is 0 Å². The minimum Gasteiger partial charge on any atom is -0.269 e. The highest BCUT2D eigenvalue weighted by molar-refractivity contribution is 7.87. The van der Waals surface area contributed by atoms with E-state index in [-0.39, 0.29) is 5.41 Å². The number of rotatable bonds is 2. The maximum absolute atomic E-state index is 10.6. The molecule has 0 atom stereocenters. The Bertz CT molecular complexity index is 446. The maximum atomic E-state index is 10.6. The van der Waals surface area contributed by atoms with Crippen molar-refractivity contribution in [2.24, 2.45) is 0 Å². The Morgan fingerprint density at radius 2 is 1.87 bits per heavy atom. The molecule has 0 unspecified atom stereocenters. The van der Waals surface area contributed by atoms with Gasteiger partial charge in [0.05, 0.1) is 5.69 Å². The fraction of sp³-hybridized carbons (Fsp3) is 0.400. The Kier molecular flexibility index (Phi) is 3.06. The topological polar surface area (TPSA) is 66.4 Å². The molecule has 0 spiro atoms. The Balaban J connectivity index is 3.04. The molecule has 4 nitrogen and oxygen atoms in total. The van der Waals surface area contributed by atoms with Crippen molar-refractivity contribution in [2.75, 3.05) is 4.72 Å². The Morgan fingerprint density at radius 3 is 2.33 bits per heavy atom. The second-order valence-electron chi connectivity index (χ2n) is 4.41. The minimum atomic E-state index is -4.19. The summed E-state index contributed by atoms with van der Waals surface area (Å²) in [6, 6.07) is 6.94. The molecule has 0 aliphatic carbocycles. The lowest BCUT2D eigenvalue weighted by molar-refractivity contribution is 0.489. The molecular weight excluding hydrogens is 214 g/mol. The van der Waals surface area contributed by atoms with Crippen LogP contribution in [0, 0.1) is 0 Å². The molecule has 0 radical (unpaired) electrons. The highest BCUT2D eigenvalue weighted by Gasteiger charge is 2.14. The van der Waals surface area contributed by atoms with E-state index in [9.17, 15) is 8.42 Å². The molecule has 0 saturated heterocycles. The van der Waals surface area contributed by atoms with Crippen LogP contribution < -0.4 is 4.72 Å². The van der Waals surface area contributed by atoms with Crippen molar-refractivity contribution in [3.05, 3.63) is 29.8 Å². The van der Waals surface area contributed by atoms with Gasteiger partial charge in [0.15, 0.2) is 0 Å². The Hall–Kier alpha value is -1.07. The molecule has 84 valence electrons. The molecule has 1 aromatic rings. The molecule has 0 bridgehead atoms. The summed E-state index contributed by atoms with van der Waals surface area (Å²) < 4.78 is 31.9. The van der Waals surface area contributed by atoms with Gasteiger partial charge in [0, 0.05) is 0 Å². The normalized spacial score (nSPS) is 12.5. The van der Waals surface area contributed by atoms with Crippen LogP contribution in [0.5, 0.6) is 0 Å². The van der Waals surface area contributed by atoms with E-state index in [1.165, 1.54) is 0 Å². The second kappa shape index (κ2) is 3.83. The number of benzene rings is 1. The van der Waals surface area contributed by atoms with Crippen LogP contribution >= 0.6 is 0 Å². The van der Waals surface area contributed by atoms with Crippen molar-refractivity contribution < 1.29 is 13.0 Å². The maximum Gasteiger partial charge on any atom is 0.357 e. The third-order valence-corrected chi connectivity index (χ3v) is 2.47. The minimum absolute atomic E-state index is 0.0586. The number of nitrogens with one attached hydrogen (secondary N) is 1. The lowest BCUT2D eigenvalue weighted by Gasteiger charge is -2.19. The highest BCUT2D eigenvalue weighted by Crippen LogP contribution is 2.24. The predicted octanol–water partition coefficient (Wildman–Crippen LogP) is 2.20. The van der Waals surface area contributed by atoms with Gasteiger partial charge in [-0.1, -0.05) is 32.9 Å². The average Bonchev–Trinajstić information content (AvgIpc) is 1.99. The highest BCUT2D eigenvalue weighted by atomic mass is 32.2. The second-order valence-corrected chi connectivity index (χ2v) is 5.56. The van der Waals surface area contributed by atoms with Crippen LogP contribution in [-0.2, 0) is 15.7 Å². The van der Waals surface area contributed by atoms with E-state index >= 15 is 0 Å². The fourth-order valence-corrected chi connectivity index (χ4v) is 1.62. The zero-order valence-electron chi connectivity index (χ0n) is 8.98. The van der Waals surface area contributed by atoms with Crippen LogP contribution in [0.25, 0.3) is 0 Å². The Morgan fingerprint density at radius 1 is 1.27 bits per heavy atom. The van der Waals surface area contributed by atoms with Gasteiger partial charge in [0.2, 0.25) is 0 Å². The number of hydrogen-bond donors (Lipinski definition) is 2. The van der Waals surface area contributed by atoms with Crippen molar-refractivity contribution in [3.63, 3.8) is 0 Å². The third-order valence-electron chi connectivity index (χ3n) is 1.98. The van der Waals surface area contributed by atoms with Gasteiger partial charge in [-0.15, -0.1) is 0 Å². The van der Waals surface area contributed by atoms with E-state index in [2.05, 4.69) is 0 Å². The molecule has 15 heavy (non-hydrogen) atoms. The van der Waals surface area contributed by atoms with E-state index in [1.54, 1.807) is 18.2 Å². The zero-order valence-corrected chi connectivity index (χ0v) is 9.80. The smallest absolute Gasteiger partial charge is 0.269 e. The SMILES string of the molecule is CC(C)(C)c1cccc(NS(=O)(=O)O)c1. The van der Waals surface area contributed by atoms with Gasteiger partial charge in [-0.3, -0.25) is 9.27 Å². The quantitative estimate of drug-likeness (QED) is 0.764.